The Balaban J connectivity index is 1.71. The maximum atomic E-state index is 13.7. The van der Waals surface area contributed by atoms with Crippen LogP contribution in [0.15, 0.2) is 76.8 Å². The Morgan fingerprint density at radius 3 is 2.57 bits per heavy atom. The van der Waals surface area contributed by atoms with E-state index in [0.29, 0.717) is 22.9 Å². The molecule has 150 valence electrons. The van der Waals surface area contributed by atoms with Crippen molar-refractivity contribution in [1.29, 1.82) is 5.26 Å². The maximum Gasteiger partial charge on any atom is 0.266 e. The first-order chi connectivity index (χ1) is 14.5. The minimum Gasteiger partial charge on any atom is -0.487 e. The number of amides is 1. The third-order valence-corrected chi connectivity index (χ3v) is 4.89. The number of nitrogens with one attached hydrogen (secondary N) is 1. The zero-order valence-corrected chi connectivity index (χ0v) is 17.9. The van der Waals surface area contributed by atoms with Crippen LogP contribution in [0.25, 0.3) is 6.08 Å². The lowest BCUT2D eigenvalue weighted by Crippen LogP contribution is -2.14. The predicted molar refractivity (Wildman–Crippen MR) is 119 cm³/mol. The molecule has 0 radical (unpaired) electrons. The summed E-state index contributed by atoms with van der Waals surface area (Å²) in [6, 6.07) is 20.2. The van der Waals surface area contributed by atoms with Crippen LogP contribution in [0.2, 0.25) is 5.02 Å². The molecule has 4 nitrogen and oxygen atoms in total. The number of carbonyl (C=O) groups excluding carboxylic acids is 1. The van der Waals surface area contributed by atoms with Gasteiger partial charge in [0.2, 0.25) is 0 Å². The molecule has 0 heterocycles. The summed E-state index contributed by atoms with van der Waals surface area (Å²) < 4.78 is 20.4. The highest BCUT2D eigenvalue weighted by atomic mass is 79.9. The van der Waals surface area contributed by atoms with E-state index in [1.165, 1.54) is 24.3 Å². The van der Waals surface area contributed by atoms with Crippen molar-refractivity contribution in [3.8, 4) is 11.8 Å². The molecule has 0 spiro atoms. The van der Waals surface area contributed by atoms with Crippen LogP contribution in [0.3, 0.4) is 0 Å². The summed E-state index contributed by atoms with van der Waals surface area (Å²) in [7, 11) is 0. The first kappa shape index (κ1) is 21.6. The van der Waals surface area contributed by atoms with Crippen LogP contribution in [0.5, 0.6) is 5.75 Å². The van der Waals surface area contributed by atoms with Gasteiger partial charge < -0.3 is 10.1 Å². The first-order valence-corrected chi connectivity index (χ1v) is 9.98. The molecule has 0 saturated heterocycles. The molecule has 0 unspecified atom stereocenters. The second kappa shape index (κ2) is 10.1. The first-order valence-electron chi connectivity index (χ1n) is 8.81. The SMILES string of the molecule is N#C/C(=C\c1ccc(OCc2ccc(Br)cc2)c(Cl)c1)C(=O)Nc1ccccc1F. The van der Waals surface area contributed by atoms with Gasteiger partial charge in [0.1, 0.15) is 29.8 Å². The van der Waals surface area contributed by atoms with Gasteiger partial charge >= 0.3 is 0 Å². The third-order valence-electron chi connectivity index (χ3n) is 4.06. The minimum absolute atomic E-state index is 0.00151. The second-order valence-corrected chi connectivity index (χ2v) is 7.53. The van der Waals surface area contributed by atoms with E-state index in [9.17, 15) is 14.4 Å². The molecule has 0 aliphatic rings. The molecule has 0 fully saturated rings. The number of ether oxygens (including phenoxy) is 1. The van der Waals surface area contributed by atoms with E-state index in [4.69, 9.17) is 16.3 Å². The van der Waals surface area contributed by atoms with Crippen LogP contribution in [0.1, 0.15) is 11.1 Å². The Hall–Kier alpha value is -3.14. The second-order valence-electron chi connectivity index (χ2n) is 6.21. The largest absolute Gasteiger partial charge is 0.487 e. The van der Waals surface area contributed by atoms with Gasteiger partial charge in [0.15, 0.2) is 0 Å². The van der Waals surface area contributed by atoms with Gasteiger partial charge in [-0.1, -0.05) is 57.9 Å². The lowest BCUT2D eigenvalue weighted by Gasteiger charge is -2.09. The van der Waals surface area contributed by atoms with Gasteiger partial charge in [0, 0.05) is 4.47 Å². The predicted octanol–water partition coefficient (Wildman–Crippen LogP) is 6.37. The summed E-state index contributed by atoms with van der Waals surface area (Å²) in [5.74, 6) is -0.821. The number of anilines is 1. The van der Waals surface area contributed by atoms with Gasteiger partial charge in [-0.25, -0.2) is 4.39 Å². The van der Waals surface area contributed by atoms with Gasteiger partial charge in [-0.2, -0.15) is 5.26 Å². The number of nitrogens with zero attached hydrogens (tertiary/aromatic N) is 1. The topological polar surface area (TPSA) is 62.1 Å². The molecule has 3 aromatic rings. The number of hydrogen-bond donors (Lipinski definition) is 1. The molecule has 7 heteroatoms. The van der Waals surface area contributed by atoms with Crippen molar-refractivity contribution in [3.05, 3.63) is 98.7 Å². The van der Waals surface area contributed by atoms with E-state index >= 15 is 0 Å². The Labute approximate surface area is 186 Å². The highest BCUT2D eigenvalue weighted by Gasteiger charge is 2.12. The number of halogens is 3. The average molecular weight is 486 g/mol. The highest BCUT2D eigenvalue weighted by Crippen LogP contribution is 2.27. The van der Waals surface area contributed by atoms with Crippen LogP contribution in [0.4, 0.5) is 10.1 Å². The molecular weight excluding hydrogens is 471 g/mol. The lowest BCUT2D eigenvalue weighted by atomic mass is 10.1. The highest BCUT2D eigenvalue weighted by molar-refractivity contribution is 9.10. The number of nitriles is 1. The van der Waals surface area contributed by atoms with Crippen LogP contribution < -0.4 is 10.1 Å². The fourth-order valence-corrected chi connectivity index (χ4v) is 3.04. The van der Waals surface area contributed by atoms with Crippen LogP contribution in [-0.2, 0) is 11.4 Å². The van der Waals surface area contributed by atoms with Crippen LogP contribution in [0, 0.1) is 17.1 Å². The van der Waals surface area contributed by atoms with Crippen LogP contribution in [-0.4, -0.2) is 5.91 Å². The number of hydrogen-bond acceptors (Lipinski definition) is 3. The monoisotopic (exact) mass is 484 g/mol. The lowest BCUT2D eigenvalue weighted by molar-refractivity contribution is -0.112. The van der Waals surface area contributed by atoms with Gasteiger partial charge in [-0.15, -0.1) is 0 Å². The Kier molecular flexibility index (Phi) is 7.23. The minimum atomic E-state index is -0.714. The third kappa shape index (κ3) is 5.69. The zero-order valence-electron chi connectivity index (χ0n) is 15.5. The molecule has 0 saturated carbocycles. The van der Waals surface area contributed by atoms with E-state index in [1.807, 2.05) is 30.3 Å². The number of benzene rings is 3. The molecule has 1 amide bonds. The summed E-state index contributed by atoms with van der Waals surface area (Å²) in [6.07, 6.45) is 1.38. The van der Waals surface area contributed by atoms with Gasteiger partial charge in [-0.3, -0.25) is 4.79 Å². The van der Waals surface area contributed by atoms with Crippen molar-refractivity contribution in [2.45, 2.75) is 6.61 Å². The molecule has 0 aromatic heterocycles. The Bertz CT molecular complexity index is 1140. The van der Waals surface area contributed by atoms with Gasteiger partial charge in [0.05, 0.1) is 10.7 Å². The summed E-state index contributed by atoms with van der Waals surface area (Å²) in [6.45, 7) is 0.344. The molecule has 30 heavy (non-hydrogen) atoms. The number of rotatable bonds is 6. The van der Waals surface area contributed by atoms with Crippen molar-refractivity contribution in [2.24, 2.45) is 0 Å². The maximum absolute atomic E-state index is 13.7. The summed E-state index contributed by atoms with van der Waals surface area (Å²) in [5, 5.41) is 12.0. The number of para-hydroxylation sites is 1. The molecule has 0 atom stereocenters. The van der Waals surface area contributed by atoms with Gasteiger partial charge in [0.25, 0.3) is 5.91 Å². The van der Waals surface area contributed by atoms with Crippen molar-refractivity contribution in [2.75, 3.05) is 5.32 Å². The van der Waals surface area contributed by atoms with E-state index in [1.54, 1.807) is 24.3 Å². The molecule has 0 aliphatic carbocycles. The molecule has 0 aliphatic heterocycles. The van der Waals surface area contributed by atoms with Crippen LogP contribution >= 0.6 is 27.5 Å². The number of carbonyl (C=O) groups is 1. The normalized spacial score (nSPS) is 10.9. The van der Waals surface area contributed by atoms with E-state index in [2.05, 4.69) is 21.2 Å². The molecular formula is C23H15BrClFN2O2. The molecule has 0 bridgehead atoms. The zero-order chi connectivity index (χ0) is 21.5. The smallest absolute Gasteiger partial charge is 0.266 e. The van der Waals surface area contributed by atoms with E-state index in [0.717, 1.165) is 10.0 Å². The van der Waals surface area contributed by atoms with Crippen molar-refractivity contribution in [3.63, 3.8) is 0 Å². The molecule has 1 N–H and O–H groups in total. The van der Waals surface area contributed by atoms with Crippen molar-refractivity contribution >= 4 is 45.2 Å². The fraction of sp³-hybridized carbons (Fsp3) is 0.0435. The summed E-state index contributed by atoms with van der Waals surface area (Å²) >= 11 is 9.66. The van der Waals surface area contributed by atoms with Crippen molar-refractivity contribution < 1.29 is 13.9 Å². The Morgan fingerprint density at radius 1 is 1.17 bits per heavy atom. The van der Waals surface area contributed by atoms with E-state index in [-0.39, 0.29) is 11.3 Å². The van der Waals surface area contributed by atoms with Gasteiger partial charge in [-0.05, 0) is 53.6 Å². The quantitative estimate of drug-likeness (QED) is 0.326. The van der Waals surface area contributed by atoms with E-state index < -0.39 is 11.7 Å². The standard InChI is InChI=1S/C23H15BrClFN2O2/c24-18-8-5-15(6-9-18)14-30-22-10-7-16(12-19(22)25)11-17(13-27)23(29)28-21-4-2-1-3-20(21)26/h1-12H,14H2,(H,28,29)/b17-11+. The summed E-state index contributed by atoms with van der Waals surface area (Å²) in [5.41, 5.74) is 1.34. The van der Waals surface area contributed by atoms with Crippen molar-refractivity contribution in [1.82, 2.24) is 0 Å². The average Bonchev–Trinajstić information content (AvgIpc) is 2.74. The molecule has 3 aromatic carbocycles. The molecule has 3 rings (SSSR count). The summed E-state index contributed by atoms with van der Waals surface area (Å²) in [4.78, 5) is 12.3. The Morgan fingerprint density at radius 2 is 1.90 bits per heavy atom. The fourth-order valence-electron chi connectivity index (χ4n) is 2.53.